The lowest BCUT2D eigenvalue weighted by Crippen LogP contribution is -2.03. The number of carboxylic acids is 1. The Labute approximate surface area is 194 Å². The first-order chi connectivity index (χ1) is 15.9. The van der Waals surface area contributed by atoms with E-state index in [1.807, 2.05) is 58.0 Å². The summed E-state index contributed by atoms with van der Waals surface area (Å²) in [5.74, 6) is -0.0643. The molecule has 1 N–H and O–H groups in total. The third kappa shape index (κ3) is 7.20. The number of aromatic nitrogens is 2. The van der Waals surface area contributed by atoms with Crippen LogP contribution in [0.5, 0.6) is 11.5 Å². The van der Waals surface area contributed by atoms with Crippen LogP contribution >= 0.6 is 0 Å². The number of carboxylic acid groups (broad SMARTS) is 1. The molecule has 0 radical (unpaired) electrons. The number of halogens is 1. The number of benzene rings is 2. The van der Waals surface area contributed by atoms with Crippen LogP contribution < -0.4 is 9.47 Å². The van der Waals surface area contributed by atoms with Gasteiger partial charge in [0.1, 0.15) is 35.9 Å². The number of ether oxygens (including phenoxy) is 2. The molecule has 0 saturated heterocycles. The van der Waals surface area contributed by atoms with Crippen LogP contribution in [0.25, 0.3) is 11.8 Å². The number of hydrogen-bond donors (Lipinski definition) is 1. The van der Waals surface area contributed by atoms with Crippen LogP contribution in [0.4, 0.5) is 4.39 Å². The number of methoxy groups -OCH3 is 1. The first-order valence-electron chi connectivity index (χ1n) is 10.9. The molecule has 0 amide bonds. The molecule has 7 heteroatoms. The molecule has 176 valence electrons. The van der Waals surface area contributed by atoms with Crippen LogP contribution in [0.3, 0.4) is 0 Å². The van der Waals surface area contributed by atoms with Gasteiger partial charge in [-0.25, -0.2) is 9.37 Å². The summed E-state index contributed by atoms with van der Waals surface area (Å²) in [5.41, 5.74) is 3.62. The van der Waals surface area contributed by atoms with E-state index in [1.54, 1.807) is 23.0 Å². The van der Waals surface area contributed by atoms with Gasteiger partial charge in [0.15, 0.2) is 0 Å². The molecule has 6 nitrogen and oxygen atoms in total. The average Bonchev–Trinajstić information content (AvgIpc) is 3.19. The molecule has 0 spiro atoms. The number of carbonyl (C=O) groups is 1. The fraction of sp³-hybridized carbons (Fsp3) is 0.308. The second-order valence-corrected chi connectivity index (χ2v) is 7.32. The van der Waals surface area contributed by atoms with E-state index in [9.17, 15) is 9.18 Å². The largest absolute Gasteiger partial charge is 0.497 e. The van der Waals surface area contributed by atoms with Crippen LogP contribution in [0.15, 0.2) is 54.4 Å². The first-order valence-corrected chi connectivity index (χ1v) is 10.9. The second-order valence-electron chi connectivity index (χ2n) is 7.32. The van der Waals surface area contributed by atoms with E-state index < -0.39 is 5.97 Å². The highest BCUT2D eigenvalue weighted by atomic mass is 19.1. The zero-order chi connectivity index (χ0) is 24.4. The maximum Gasteiger partial charge on any atom is 0.303 e. The van der Waals surface area contributed by atoms with Crippen LogP contribution in [-0.2, 0) is 17.8 Å². The predicted octanol–water partition coefficient (Wildman–Crippen LogP) is 6.07. The molecule has 0 saturated carbocycles. The molecular weight excluding hydrogens is 423 g/mol. The van der Waals surface area contributed by atoms with Gasteiger partial charge in [0.25, 0.3) is 0 Å². The second kappa shape index (κ2) is 12.4. The van der Waals surface area contributed by atoms with Crippen LogP contribution in [0, 0.1) is 5.82 Å². The van der Waals surface area contributed by atoms with Crippen molar-refractivity contribution in [2.75, 3.05) is 7.11 Å². The minimum Gasteiger partial charge on any atom is -0.497 e. The number of imidazole rings is 1. The molecule has 3 rings (SSSR count). The summed E-state index contributed by atoms with van der Waals surface area (Å²) in [4.78, 5) is 15.2. The van der Waals surface area contributed by atoms with Gasteiger partial charge in [0.2, 0.25) is 0 Å². The quantitative estimate of drug-likeness (QED) is 0.425. The van der Waals surface area contributed by atoms with Crippen molar-refractivity contribution in [1.29, 1.82) is 0 Å². The molecule has 1 heterocycles. The minimum atomic E-state index is -0.840. The van der Waals surface area contributed by atoms with Crippen LogP contribution in [0.1, 0.15) is 51.1 Å². The Bertz CT molecular complexity index is 1100. The maximum absolute atomic E-state index is 14.5. The Morgan fingerprint density at radius 2 is 1.91 bits per heavy atom. The molecule has 0 aliphatic carbocycles. The number of aliphatic carboxylic acids is 1. The fourth-order valence-electron chi connectivity index (χ4n) is 3.12. The average molecular weight is 455 g/mol. The number of hydrogen-bond acceptors (Lipinski definition) is 4. The van der Waals surface area contributed by atoms with Gasteiger partial charge in [-0.2, -0.15) is 0 Å². The molecule has 33 heavy (non-hydrogen) atoms. The smallest absolute Gasteiger partial charge is 0.303 e. The van der Waals surface area contributed by atoms with Crippen molar-refractivity contribution < 1.29 is 23.8 Å². The molecular formula is C26H31FN2O4. The molecule has 2 aromatic carbocycles. The van der Waals surface area contributed by atoms with Crippen LogP contribution in [0.2, 0.25) is 0 Å². The van der Waals surface area contributed by atoms with Crippen molar-refractivity contribution in [2.24, 2.45) is 0 Å². The summed E-state index contributed by atoms with van der Waals surface area (Å²) in [6.07, 6.45) is 3.98. The molecule has 0 aliphatic rings. The van der Waals surface area contributed by atoms with E-state index >= 15 is 0 Å². The van der Waals surface area contributed by atoms with E-state index in [2.05, 4.69) is 4.98 Å². The van der Waals surface area contributed by atoms with E-state index in [0.717, 1.165) is 11.1 Å². The molecule has 1 aromatic heterocycles. The Balaban J connectivity index is 0.00000187. The van der Waals surface area contributed by atoms with Gasteiger partial charge in [0, 0.05) is 12.5 Å². The molecule has 0 atom stereocenters. The molecule has 0 aliphatic heterocycles. The van der Waals surface area contributed by atoms with Gasteiger partial charge in [-0.1, -0.05) is 31.6 Å². The molecule has 0 fully saturated rings. The fourth-order valence-corrected chi connectivity index (χ4v) is 3.12. The molecule has 3 aromatic rings. The summed E-state index contributed by atoms with van der Waals surface area (Å²) >= 11 is 0. The third-order valence-corrected chi connectivity index (χ3v) is 4.62. The van der Waals surface area contributed by atoms with Crippen molar-refractivity contribution >= 4 is 12.0 Å². The third-order valence-electron chi connectivity index (χ3n) is 4.62. The number of nitrogens with zero attached hydrogens (tertiary/aromatic N) is 2. The van der Waals surface area contributed by atoms with Gasteiger partial charge in [-0.3, -0.25) is 9.36 Å². The number of rotatable bonds is 9. The summed E-state index contributed by atoms with van der Waals surface area (Å²) in [6, 6.07) is 11.9. The van der Waals surface area contributed by atoms with Gasteiger partial charge in [0.05, 0.1) is 18.5 Å². The number of aryl methyl sites for hydroxylation is 1. The summed E-state index contributed by atoms with van der Waals surface area (Å²) in [7, 11) is 1.53. The minimum absolute atomic E-state index is 0.0602. The van der Waals surface area contributed by atoms with Crippen molar-refractivity contribution in [1.82, 2.24) is 9.55 Å². The van der Waals surface area contributed by atoms with E-state index in [4.69, 9.17) is 14.6 Å². The highest BCUT2D eigenvalue weighted by Crippen LogP contribution is 2.25. The Morgan fingerprint density at radius 3 is 2.58 bits per heavy atom. The predicted molar refractivity (Wildman–Crippen MR) is 127 cm³/mol. The van der Waals surface area contributed by atoms with E-state index in [-0.39, 0.29) is 18.8 Å². The highest BCUT2D eigenvalue weighted by Gasteiger charge is 2.15. The number of allylic oxidation sites excluding steroid dienone is 1. The zero-order valence-electron chi connectivity index (χ0n) is 19.8. The topological polar surface area (TPSA) is 73.6 Å². The Hall–Kier alpha value is -3.61. The van der Waals surface area contributed by atoms with Crippen molar-refractivity contribution in [3.05, 3.63) is 77.1 Å². The summed E-state index contributed by atoms with van der Waals surface area (Å²) in [6.45, 7) is 8.09. The molecule has 0 unspecified atom stereocenters. The monoisotopic (exact) mass is 454 g/mol. The highest BCUT2D eigenvalue weighted by molar-refractivity contribution is 5.67. The SMILES string of the molecule is CC.COc1ccc(F)c(-n2cnc(COc3cccc(CCC(=O)O)c3)c2C=C(C)C)c1. The lowest BCUT2D eigenvalue weighted by molar-refractivity contribution is -0.136. The summed E-state index contributed by atoms with van der Waals surface area (Å²) < 4.78 is 27.4. The Morgan fingerprint density at radius 1 is 1.15 bits per heavy atom. The van der Waals surface area contributed by atoms with Gasteiger partial charge in [-0.15, -0.1) is 0 Å². The lowest BCUT2D eigenvalue weighted by Gasteiger charge is -2.11. The van der Waals surface area contributed by atoms with Crippen molar-refractivity contribution in [3.63, 3.8) is 0 Å². The van der Waals surface area contributed by atoms with E-state index in [1.165, 1.54) is 13.2 Å². The normalized spacial score (nSPS) is 10.1. The zero-order valence-corrected chi connectivity index (χ0v) is 19.8. The first kappa shape index (κ1) is 25.6. The molecule has 0 bridgehead atoms. The van der Waals surface area contributed by atoms with E-state index in [0.29, 0.717) is 35.0 Å². The van der Waals surface area contributed by atoms with Gasteiger partial charge in [-0.05, 0) is 56.2 Å². The van der Waals surface area contributed by atoms with Crippen molar-refractivity contribution in [3.8, 4) is 17.2 Å². The Kier molecular flexibility index (Phi) is 9.66. The van der Waals surface area contributed by atoms with Gasteiger partial charge < -0.3 is 14.6 Å². The maximum atomic E-state index is 14.5. The van der Waals surface area contributed by atoms with Crippen LogP contribution in [-0.4, -0.2) is 27.7 Å². The summed E-state index contributed by atoms with van der Waals surface area (Å²) in [5, 5.41) is 8.87. The lowest BCUT2D eigenvalue weighted by atomic mass is 10.1. The standard InChI is InChI=1S/C24H25FN2O4.C2H6/c1-16(2)11-23-21(14-31-19-6-4-5-17(12-19)7-10-24(28)29)26-15-27(23)22-13-18(30-3)8-9-20(22)25;1-2/h4-6,8-9,11-13,15H,7,10,14H2,1-3H3,(H,28,29);1-2H3. The van der Waals surface area contributed by atoms with Gasteiger partial charge >= 0.3 is 5.97 Å². The van der Waals surface area contributed by atoms with Crippen molar-refractivity contribution in [2.45, 2.75) is 47.1 Å².